The number of fused-ring (bicyclic) bond motifs is 1. The fourth-order valence-corrected chi connectivity index (χ4v) is 2.66. The van der Waals surface area contributed by atoms with Gasteiger partial charge >= 0.3 is 0 Å². The normalized spacial score (nSPS) is 18.0. The minimum atomic E-state index is 0.923. The average Bonchev–Trinajstić information content (AvgIpc) is 2.84. The van der Waals surface area contributed by atoms with Gasteiger partial charge in [0.2, 0.25) is 0 Å². The van der Waals surface area contributed by atoms with Crippen LogP contribution in [0.2, 0.25) is 0 Å². The van der Waals surface area contributed by atoms with Crippen molar-refractivity contribution in [2.24, 2.45) is 0 Å². The molecule has 102 valence electrons. The Labute approximate surface area is 114 Å². The molecule has 2 heterocycles. The lowest BCUT2D eigenvalue weighted by Crippen LogP contribution is -2.43. The largest absolute Gasteiger partial charge is 0.497 e. The van der Waals surface area contributed by atoms with Crippen molar-refractivity contribution >= 4 is 10.9 Å². The Morgan fingerprint density at radius 3 is 2.74 bits per heavy atom. The molecule has 1 N–H and O–H groups in total. The fraction of sp³-hybridized carbons (Fsp3) is 0.467. The Morgan fingerprint density at radius 2 is 2.00 bits per heavy atom. The predicted octanol–water partition coefficient (Wildman–Crippen LogP) is 1.92. The lowest BCUT2D eigenvalue weighted by molar-refractivity contribution is 0.148. The maximum Gasteiger partial charge on any atom is 0.119 e. The van der Waals surface area contributed by atoms with Crippen molar-refractivity contribution in [2.45, 2.75) is 6.54 Å². The van der Waals surface area contributed by atoms with Crippen LogP contribution in [0.5, 0.6) is 5.75 Å². The molecule has 0 aliphatic carbocycles. The molecule has 3 rings (SSSR count). The van der Waals surface area contributed by atoms with E-state index in [1.807, 2.05) is 6.07 Å². The van der Waals surface area contributed by atoms with Crippen LogP contribution < -0.4 is 4.74 Å². The second-order valence-corrected chi connectivity index (χ2v) is 5.30. The molecule has 1 fully saturated rings. The molecule has 1 saturated heterocycles. The van der Waals surface area contributed by atoms with Crippen molar-refractivity contribution < 1.29 is 4.74 Å². The zero-order valence-corrected chi connectivity index (χ0v) is 11.6. The highest BCUT2D eigenvalue weighted by Gasteiger charge is 2.15. The number of hydrogen-bond donors (Lipinski definition) is 1. The Kier molecular flexibility index (Phi) is 3.44. The van der Waals surface area contributed by atoms with Crippen LogP contribution in [-0.4, -0.2) is 55.1 Å². The van der Waals surface area contributed by atoms with E-state index in [1.54, 1.807) is 7.11 Å². The highest BCUT2D eigenvalue weighted by Crippen LogP contribution is 2.24. The van der Waals surface area contributed by atoms with Gasteiger partial charge in [-0.1, -0.05) is 0 Å². The van der Waals surface area contributed by atoms with Gasteiger partial charge in [0.05, 0.1) is 7.11 Å². The minimum Gasteiger partial charge on any atom is -0.497 e. The third kappa shape index (κ3) is 2.60. The van der Waals surface area contributed by atoms with Crippen molar-refractivity contribution in [1.29, 1.82) is 0 Å². The SMILES string of the molecule is COc1ccc2[nH]cc(CN3CCN(C)CC3)c2c1. The van der Waals surface area contributed by atoms with E-state index in [-0.39, 0.29) is 0 Å². The van der Waals surface area contributed by atoms with Crippen molar-refractivity contribution in [3.8, 4) is 5.75 Å². The molecule has 0 bridgehead atoms. The summed E-state index contributed by atoms with van der Waals surface area (Å²) in [6.07, 6.45) is 2.13. The molecule has 1 aliphatic rings. The average molecular weight is 259 g/mol. The van der Waals surface area contributed by atoms with E-state index in [2.05, 4.69) is 40.2 Å². The Hall–Kier alpha value is -1.52. The molecule has 4 heteroatoms. The molecule has 0 unspecified atom stereocenters. The smallest absolute Gasteiger partial charge is 0.119 e. The number of likely N-dealkylation sites (N-methyl/N-ethyl adjacent to an activating group) is 1. The van der Waals surface area contributed by atoms with Gasteiger partial charge in [-0.2, -0.15) is 0 Å². The summed E-state index contributed by atoms with van der Waals surface area (Å²) < 4.78 is 5.32. The first-order chi connectivity index (χ1) is 9.26. The third-order valence-electron chi connectivity index (χ3n) is 3.96. The van der Waals surface area contributed by atoms with E-state index in [4.69, 9.17) is 4.74 Å². The second kappa shape index (κ2) is 5.23. The molecule has 19 heavy (non-hydrogen) atoms. The number of hydrogen-bond acceptors (Lipinski definition) is 3. The summed E-state index contributed by atoms with van der Waals surface area (Å²) in [6, 6.07) is 6.21. The summed E-state index contributed by atoms with van der Waals surface area (Å²) >= 11 is 0. The maximum atomic E-state index is 5.32. The van der Waals surface area contributed by atoms with Gasteiger partial charge < -0.3 is 14.6 Å². The molecule has 1 aromatic carbocycles. The molecule has 0 spiro atoms. The summed E-state index contributed by atoms with van der Waals surface area (Å²) in [6.45, 7) is 5.62. The lowest BCUT2D eigenvalue weighted by atomic mass is 10.1. The quantitative estimate of drug-likeness (QED) is 0.914. The van der Waals surface area contributed by atoms with E-state index >= 15 is 0 Å². The Balaban J connectivity index is 1.80. The van der Waals surface area contributed by atoms with Crippen LogP contribution in [0.3, 0.4) is 0 Å². The number of aromatic nitrogens is 1. The molecule has 4 nitrogen and oxygen atoms in total. The number of piperazine rings is 1. The maximum absolute atomic E-state index is 5.32. The molecule has 2 aromatic rings. The number of benzene rings is 1. The molecule has 0 saturated carbocycles. The summed E-state index contributed by atoms with van der Waals surface area (Å²) in [4.78, 5) is 8.24. The molecule has 1 aromatic heterocycles. The summed E-state index contributed by atoms with van der Waals surface area (Å²) in [5, 5.41) is 1.28. The van der Waals surface area contributed by atoms with E-state index in [9.17, 15) is 0 Å². The zero-order valence-electron chi connectivity index (χ0n) is 11.6. The van der Waals surface area contributed by atoms with Gasteiger partial charge in [0.25, 0.3) is 0 Å². The highest BCUT2D eigenvalue weighted by atomic mass is 16.5. The van der Waals surface area contributed by atoms with E-state index in [0.717, 1.165) is 38.5 Å². The Morgan fingerprint density at radius 1 is 1.21 bits per heavy atom. The topological polar surface area (TPSA) is 31.5 Å². The number of ether oxygens (including phenoxy) is 1. The lowest BCUT2D eigenvalue weighted by Gasteiger charge is -2.32. The molecule has 0 radical (unpaired) electrons. The number of H-pyrrole nitrogens is 1. The summed E-state index contributed by atoms with van der Waals surface area (Å²) in [5.74, 6) is 0.923. The van der Waals surface area contributed by atoms with Crippen molar-refractivity contribution in [3.05, 3.63) is 30.0 Å². The van der Waals surface area contributed by atoms with Crippen molar-refractivity contribution in [2.75, 3.05) is 40.3 Å². The predicted molar refractivity (Wildman–Crippen MR) is 77.6 cm³/mol. The van der Waals surface area contributed by atoms with Crippen LogP contribution in [-0.2, 0) is 6.54 Å². The van der Waals surface area contributed by atoms with Gasteiger partial charge in [0, 0.05) is 49.8 Å². The molecule has 0 amide bonds. The molecule has 0 atom stereocenters. The molecule has 1 aliphatic heterocycles. The van der Waals surface area contributed by atoms with E-state index in [0.29, 0.717) is 0 Å². The van der Waals surface area contributed by atoms with Crippen LogP contribution in [0.15, 0.2) is 24.4 Å². The Bertz CT molecular complexity index is 556. The first-order valence-electron chi connectivity index (χ1n) is 6.81. The van der Waals surface area contributed by atoms with Gasteiger partial charge in [-0.05, 0) is 30.8 Å². The van der Waals surface area contributed by atoms with Crippen LogP contribution in [0.1, 0.15) is 5.56 Å². The van der Waals surface area contributed by atoms with E-state index in [1.165, 1.54) is 16.5 Å². The minimum absolute atomic E-state index is 0.923. The number of aromatic amines is 1. The number of nitrogens with zero attached hydrogens (tertiary/aromatic N) is 2. The van der Waals surface area contributed by atoms with Gasteiger partial charge in [-0.15, -0.1) is 0 Å². The van der Waals surface area contributed by atoms with Crippen LogP contribution in [0.25, 0.3) is 10.9 Å². The second-order valence-electron chi connectivity index (χ2n) is 5.30. The first-order valence-corrected chi connectivity index (χ1v) is 6.81. The monoisotopic (exact) mass is 259 g/mol. The summed E-state index contributed by atoms with van der Waals surface area (Å²) in [7, 11) is 3.90. The van der Waals surface area contributed by atoms with E-state index < -0.39 is 0 Å². The molecular formula is C15H21N3O. The third-order valence-corrected chi connectivity index (χ3v) is 3.96. The zero-order chi connectivity index (χ0) is 13.2. The standard InChI is InChI=1S/C15H21N3O/c1-17-5-7-18(8-6-17)11-12-10-16-15-4-3-13(19-2)9-14(12)15/h3-4,9-10,16H,5-8,11H2,1-2H3. The van der Waals surface area contributed by atoms with Gasteiger partial charge in [-0.25, -0.2) is 0 Å². The molecular weight excluding hydrogens is 238 g/mol. The van der Waals surface area contributed by atoms with Gasteiger partial charge in [0.1, 0.15) is 5.75 Å². The fourth-order valence-electron chi connectivity index (χ4n) is 2.66. The summed E-state index contributed by atoms with van der Waals surface area (Å²) in [5.41, 5.74) is 2.54. The van der Waals surface area contributed by atoms with Crippen LogP contribution in [0, 0.1) is 0 Å². The first kappa shape index (κ1) is 12.5. The highest BCUT2D eigenvalue weighted by molar-refractivity contribution is 5.84. The number of rotatable bonds is 3. The van der Waals surface area contributed by atoms with Crippen LogP contribution in [0.4, 0.5) is 0 Å². The van der Waals surface area contributed by atoms with Gasteiger partial charge in [-0.3, -0.25) is 4.90 Å². The number of nitrogens with one attached hydrogen (secondary N) is 1. The van der Waals surface area contributed by atoms with Gasteiger partial charge in [0.15, 0.2) is 0 Å². The van der Waals surface area contributed by atoms with Crippen LogP contribution >= 0.6 is 0 Å². The van der Waals surface area contributed by atoms with Crippen molar-refractivity contribution in [1.82, 2.24) is 14.8 Å². The number of methoxy groups -OCH3 is 1. The van der Waals surface area contributed by atoms with Crippen molar-refractivity contribution in [3.63, 3.8) is 0 Å².